The van der Waals surface area contributed by atoms with Crippen molar-refractivity contribution in [1.29, 1.82) is 0 Å². The first-order valence-electron chi connectivity index (χ1n) is 6.49. The molecule has 0 spiro atoms. The third-order valence-corrected chi connectivity index (χ3v) is 4.07. The Bertz CT molecular complexity index is 452. The molecule has 3 nitrogen and oxygen atoms in total. The summed E-state index contributed by atoms with van der Waals surface area (Å²) in [7, 11) is 0. The molecule has 0 radical (unpaired) electrons. The molecule has 2 N–H and O–H groups in total. The minimum absolute atomic E-state index is 0.331. The predicted molar refractivity (Wildman–Crippen MR) is 73.3 cm³/mol. The maximum absolute atomic E-state index is 6.10. The van der Waals surface area contributed by atoms with E-state index in [-0.39, 0.29) is 11.2 Å². The summed E-state index contributed by atoms with van der Waals surface area (Å²) in [6, 6.07) is 6.09. The quantitative estimate of drug-likeness (QED) is 0.876. The lowest BCUT2D eigenvalue weighted by molar-refractivity contribution is -0.0991. The van der Waals surface area contributed by atoms with Gasteiger partial charge in [0.05, 0.1) is 0 Å². The number of benzene rings is 1. The second-order valence-electron chi connectivity index (χ2n) is 6.07. The van der Waals surface area contributed by atoms with Gasteiger partial charge in [0, 0.05) is 0 Å². The third-order valence-electron chi connectivity index (χ3n) is 4.07. The van der Waals surface area contributed by atoms with Crippen LogP contribution in [0.3, 0.4) is 0 Å². The van der Waals surface area contributed by atoms with Crippen LogP contribution >= 0.6 is 0 Å². The van der Waals surface area contributed by atoms with Crippen LogP contribution in [0.25, 0.3) is 0 Å². The highest BCUT2D eigenvalue weighted by molar-refractivity contribution is 5.46. The van der Waals surface area contributed by atoms with Gasteiger partial charge in [-0.3, -0.25) is 0 Å². The van der Waals surface area contributed by atoms with Crippen LogP contribution in [-0.4, -0.2) is 17.7 Å². The Labute approximate surface area is 109 Å². The molecule has 0 bridgehead atoms. The van der Waals surface area contributed by atoms with Crippen LogP contribution in [0.4, 0.5) is 0 Å². The Hall–Kier alpha value is -1.22. The summed E-state index contributed by atoms with van der Waals surface area (Å²) in [6.07, 6.45) is 0. The van der Waals surface area contributed by atoms with Gasteiger partial charge in [0.2, 0.25) is 0 Å². The number of hydrogen-bond donors (Lipinski definition) is 1. The van der Waals surface area contributed by atoms with Crippen LogP contribution in [0.2, 0.25) is 0 Å². The first kappa shape index (κ1) is 13.2. The maximum Gasteiger partial charge on any atom is 0.162 e. The minimum Gasteiger partial charge on any atom is -0.480 e. The summed E-state index contributed by atoms with van der Waals surface area (Å²) in [5.74, 6) is 1.96. The lowest BCUT2D eigenvalue weighted by atomic mass is 9.87. The zero-order valence-corrected chi connectivity index (χ0v) is 11.9. The van der Waals surface area contributed by atoms with E-state index in [9.17, 15) is 0 Å². The van der Waals surface area contributed by atoms with Crippen molar-refractivity contribution in [1.82, 2.24) is 0 Å². The zero-order valence-electron chi connectivity index (χ0n) is 11.9. The number of ether oxygens (including phenoxy) is 2. The van der Waals surface area contributed by atoms with Crippen molar-refractivity contribution in [3.8, 4) is 11.5 Å². The molecule has 100 valence electrons. The molecule has 1 unspecified atom stereocenters. The van der Waals surface area contributed by atoms with E-state index in [2.05, 4.69) is 26.8 Å². The van der Waals surface area contributed by atoms with Crippen LogP contribution in [0.15, 0.2) is 18.2 Å². The summed E-state index contributed by atoms with van der Waals surface area (Å²) in [6.45, 7) is 10.9. The van der Waals surface area contributed by atoms with Gasteiger partial charge in [-0.1, -0.05) is 13.0 Å². The summed E-state index contributed by atoms with van der Waals surface area (Å²) in [4.78, 5) is 0. The Kier molecular flexibility index (Phi) is 3.06. The van der Waals surface area contributed by atoms with Gasteiger partial charge in [0.25, 0.3) is 0 Å². The Morgan fingerprint density at radius 1 is 1.06 bits per heavy atom. The van der Waals surface area contributed by atoms with E-state index in [1.54, 1.807) is 0 Å². The number of hydrogen-bond acceptors (Lipinski definition) is 3. The van der Waals surface area contributed by atoms with Crippen LogP contribution in [0.1, 0.15) is 46.1 Å². The Morgan fingerprint density at radius 3 is 2.17 bits per heavy atom. The molecule has 1 atom stereocenters. The van der Waals surface area contributed by atoms with E-state index < -0.39 is 0 Å². The molecule has 2 rings (SSSR count). The average Bonchev–Trinajstić information content (AvgIpc) is 2.28. The van der Waals surface area contributed by atoms with Gasteiger partial charge >= 0.3 is 0 Å². The van der Waals surface area contributed by atoms with Gasteiger partial charge in [-0.25, -0.2) is 0 Å². The molecule has 18 heavy (non-hydrogen) atoms. The standard InChI is InChI=1S/C15H23NO2/c1-10(9-16)11-6-7-12-13(8-11)18-15(4,5)14(2,3)17-12/h6-8,10H,9,16H2,1-5H3. The fraction of sp³-hybridized carbons (Fsp3) is 0.600. The molecular formula is C15H23NO2. The van der Waals surface area contributed by atoms with Gasteiger partial charge in [-0.15, -0.1) is 0 Å². The molecule has 1 aromatic rings. The molecule has 0 aliphatic carbocycles. The summed E-state index contributed by atoms with van der Waals surface area (Å²) in [5.41, 5.74) is 6.19. The average molecular weight is 249 g/mol. The Morgan fingerprint density at radius 2 is 1.61 bits per heavy atom. The highest BCUT2D eigenvalue weighted by Crippen LogP contribution is 2.44. The molecule has 1 aliphatic rings. The van der Waals surface area contributed by atoms with Crippen LogP contribution in [0.5, 0.6) is 11.5 Å². The largest absolute Gasteiger partial charge is 0.480 e. The fourth-order valence-corrected chi connectivity index (χ4v) is 1.93. The monoisotopic (exact) mass is 249 g/mol. The number of fused-ring (bicyclic) bond motifs is 1. The van der Waals surface area contributed by atoms with Crippen molar-refractivity contribution in [2.24, 2.45) is 5.73 Å². The molecule has 0 aromatic heterocycles. The minimum atomic E-state index is -0.357. The van der Waals surface area contributed by atoms with E-state index in [1.165, 1.54) is 5.56 Å². The molecule has 0 saturated carbocycles. The van der Waals surface area contributed by atoms with Crippen molar-refractivity contribution in [2.75, 3.05) is 6.54 Å². The van der Waals surface area contributed by atoms with Crippen molar-refractivity contribution in [3.05, 3.63) is 23.8 Å². The zero-order chi connectivity index (χ0) is 13.6. The first-order valence-corrected chi connectivity index (χ1v) is 6.49. The van der Waals surface area contributed by atoms with Crippen LogP contribution in [-0.2, 0) is 0 Å². The fourth-order valence-electron chi connectivity index (χ4n) is 1.93. The van der Waals surface area contributed by atoms with Crippen molar-refractivity contribution in [3.63, 3.8) is 0 Å². The van der Waals surface area contributed by atoms with Crippen LogP contribution in [0, 0.1) is 0 Å². The van der Waals surface area contributed by atoms with Gasteiger partial charge in [0.15, 0.2) is 11.5 Å². The maximum atomic E-state index is 6.10. The summed E-state index contributed by atoms with van der Waals surface area (Å²) >= 11 is 0. The van der Waals surface area contributed by atoms with E-state index >= 15 is 0 Å². The van der Waals surface area contributed by atoms with Crippen molar-refractivity contribution in [2.45, 2.75) is 51.7 Å². The molecule has 0 fully saturated rings. The van der Waals surface area contributed by atoms with E-state index in [0.29, 0.717) is 12.5 Å². The summed E-state index contributed by atoms with van der Waals surface area (Å²) in [5, 5.41) is 0. The highest BCUT2D eigenvalue weighted by atomic mass is 16.6. The molecular weight excluding hydrogens is 226 g/mol. The SMILES string of the molecule is CC(CN)c1ccc2c(c1)OC(C)(C)C(C)(C)O2. The van der Waals surface area contributed by atoms with Gasteiger partial charge in [-0.05, 0) is 57.9 Å². The molecule has 1 aliphatic heterocycles. The molecule has 0 amide bonds. The van der Waals surface area contributed by atoms with E-state index in [0.717, 1.165) is 11.5 Å². The van der Waals surface area contributed by atoms with Gasteiger partial charge < -0.3 is 15.2 Å². The summed E-state index contributed by atoms with van der Waals surface area (Å²) < 4.78 is 12.2. The van der Waals surface area contributed by atoms with Gasteiger partial charge in [-0.2, -0.15) is 0 Å². The van der Waals surface area contributed by atoms with Crippen molar-refractivity contribution < 1.29 is 9.47 Å². The number of nitrogens with two attached hydrogens (primary N) is 1. The Balaban J connectivity index is 2.39. The second kappa shape index (κ2) is 4.16. The molecule has 1 aromatic carbocycles. The molecule has 1 heterocycles. The molecule has 3 heteroatoms. The van der Waals surface area contributed by atoms with E-state index in [4.69, 9.17) is 15.2 Å². The second-order valence-corrected chi connectivity index (χ2v) is 6.07. The highest BCUT2D eigenvalue weighted by Gasteiger charge is 2.45. The number of rotatable bonds is 2. The lowest BCUT2D eigenvalue weighted by Crippen LogP contribution is -2.56. The topological polar surface area (TPSA) is 44.5 Å². The van der Waals surface area contributed by atoms with Crippen LogP contribution < -0.4 is 15.2 Å². The van der Waals surface area contributed by atoms with Crippen molar-refractivity contribution >= 4 is 0 Å². The smallest absolute Gasteiger partial charge is 0.162 e. The van der Waals surface area contributed by atoms with Gasteiger partial charge in [0.1, 0.15) is 11.2 Å². The predicted octanol–water partition coefficient (Wildman–Crippen LogP) is 3.08. The lowest BCUT2D eigenvalue weighted by Gasteiger charge is -2.45. The normalized spacial score (nSPS) is 21.4. The first-order chi connectivity index (χ1) is 8.27. The molecule has 0 saturated heterocycles. The van der Waals surface area contributed by atoms with E-state index in [1.807, 2.05) is 26.0 Å². The third kappa shape index (κ3) is 2.07.